The molecule has 3 nitrogen and oxygen atoms in total. The summed E-state index contributed by atoms with van der Waals surface area (Å²) in [6, 6.07) is 9.96. The van der Waals surface area contributed by atoms with E-state index in [0.717, 1.165) is 44.2 Å². The molecule has 0 bridgehead atoms. The van der Waals surface area contributed by atoms with E-state index in [-0.39, 0.29) is 12.0 Å². The molecule has 1 amide bonds. The van der Waals surface area contributed by atoms with E-state index in [2.05, 4.69) is 12.2 Å². The van der Waals surface area contributed by atoms with Crippen molar-refractivity contribution in [2.75, 3.05) is 6.54 Å². The molecule has 1 saturated heterocycles. The summed E-state index contributed by atoms with van der Waals surface area (Å²) in [6.45, 7) is 0.852. The first-order chi connectivity index (χ1) is 10.8. The minimum atomic E-state index is -0.481. The number of aliphatic hydroxyl groups is 1. The number of aliphatic hydroxyl groups excluding tert-OH is 1. The van der Waals surface area contributed by atoms with E-state index >= 15 is 0 Å². The first-order valence-electron chi connectivity index (χ1n) is 8.44. The summed E-state index contributed by atoms with van der Waals surface area (Å²) in [4.78, 5) is 14.8. The summed E-state index contributed by atoms with van der Waals surface area (Å²) in [5, 5.41) is 10.4. The Morgan fingerprint density at radius 3 is 2.77 bits per heavy atom. The summed E-state index contributed by atoms with van der Waals surface area (Å²) in [5.74, 6) is 0.451. The van der Waals surface area contributed by atoms with Crippen molar-refractivity contribution in [3.8, 4) is 0 Å². The van der Waals surface area contributed by atoms with E-state index in [1.165, 1.54) is 0 Å². The molecule has 3 heteroatoms. The van der Waals surface area contributed by atoms with Gasteiger partial charge in [-0.05, 0) is 44.1 Å². The number of allylic oxidation sites excluding steroid dienone is 2. The van der Waals surface area contributed by atoms with Gasteiger partial charge in [-0.3, -0.25) is 4.79 Å². The lowest BCUT2D eigenvalue weighted by atomic mass is 9.92. The number of hydrogen-bond donors (Lipinski definition) is 1. The van der Waals surface area contributed by atoms with Gasteiger partial charge in [-0.25, -0.2) is 0 Å². The minimum Gasteiger partial charge on any atom is -0.388 e. The number of likely N-dealkylation sites (tertiary alicyclic amines) is 1. The van der Waals surface area contributed by atoms with Crippen LogP contribution in [0.15, 0.2) is 42.5 Å². The lowest BCUT2D eigenvalue weighted by Gasteiger charge is -2.30. The number of benzene rings is 1. The van der Waals surface area contributed by atoms with Crippen LogP contribution in [-0.2, 0) is 4.79 Å². The summed E-state index contributed by atoms with van der Waals surface area (Å²) in [5.41, 5.74) is 0.947. The second kappa shape index (κ2) is 7.10. The Morgan fingerprint density at radius 1 is 1.23 bits per heavy atom. The van der Waals surface area contributed by atoms with Crippen molar-refractivity contribution in [1.82, 2.24) is 4.90 Å². The standard InChI is InChI=1S/C19H25NO2/c21-18(15-8-3-1-4-9-15)14-17-12-7-13-20(17)19(22)16-10-5-2-6-11-16/h1-5,8-9,16-18,21H,6-7,10-14H2/t16-,17-,18+/m1/s1. The van der Waals surface area contributed by atoms with Crippen molar-refractivity contribution >= 4 is 5.91 Å². The Hall–Kier alpha value is -1.61. The maximum Gasteiger partial charge on any atom is 0.226 e. The summed E-state index contributed by atoms with van der Waals surface area (Å²) in [7, 11) is 0. The zero-order valence-corrected chi connectivity index (χ0v) is 13.0. The van der Waals surface area contributed by atoms with E-state index in [4.69, 9.17) is 0 Å². The molecule has 22 heavy (non-hydrogen) atoms. The molecule has 1 aliphatic heterocycles. The molecular formula is C19H25NO2. The average Bonchev–Trinajstić information content (AvgIpc) is 3.04. The molecule has 3 rings (SSSR count). The van der Waals surface area contributed by atoms with Crippen LogP contribution in [0, 0.1) is 5.92 Å². The Kier molecular flexibility index (Phi) is 4.94. The Bertz CT molecular complexity index is 525. The van der Waals surface area contributed by atoms with Crippen LogP contribution in [0.3, 0.4) is 0 Å². The van der Waals surface area contributed by atoms with E-state index in [1.807, 2.05) is 35.2 Å². The Labute approximate surface area is 132 Å². The fraction of sp³-hybridized carbons (Fsp3) is 0.526. The van der Waals surface area contributed by atoms with Crippen molar-refractivity contribution in [2.24, 2.45) is 5.92 Å². The van der Waals surface area contributed by atoms with Gasteiger partial charge in [0.05, 0.1) is 6.10 Å². The van der Waals surface area contributed by atoms with Crippen LogP contribution in [0.4, 0.5) is 0 Å². The number of carbonyl (C=O) groups is 1. The largest absolute Gasteiger partial charge is 0.388 e. The molecule has 1 N–H and O–H groups in total. The molecule has 2 aliphatic rings. The number of carbonyl (C=O) groups excluding carboxylic acids is 1. The number of amides is 1. The van der Waals surface area contributed by atoms with Gasteiger partial charge in [-0.1, -0.05) is 42.5 Å². The first kappa shape index (κ1) is 15.3. The van der Waals surface area contributed by atoms with Gasteiger partial charge >= 0.3 is 0 Å². The van der Waals surface area contributed by atoms with Gasteiger partial charge in [0.25, 0.3) is 0 Å². The Balaban J connectivity index is 1.63. The summed E-state index contributed by atoms with van der Waals surface area (Å²) in [6.07, 6.45) is 9.41. The van der Waals surface area contributed by atoms with Crippen LogP contribution in [0.2, 0.25) is 0 Å². The normalized spacial score (nSPS) is 26.1. The predicted octanol–water partition coefficient (Wildman–Crippen LogP) is 3.46. The monoisotopic (exact) mass is 299 g/mol. The molecule has 118 valence electrons. The van der Waals surface area contributed by atoms with Crippen molar-refractivity contribution in [3.63, 3.8) is 0 Å². The highest BCUT2D eigenvalue weighted by Crippen LogP contribution is 2.30. The predicted molar refractivity (Wildman–Crippen MR) is 87.2 cm³/mol. The smallest absolute Gasteiger partial charge is 0.226 e. The highest BCUT2D eigenvalue weighted by atomic mass is 16.3. The molecule has 0 unspecified atom stereocenters. The molecule has 1 aliphatic carbocycles. The zero-order chi connectivity index (χ0) is 15.4. The maximum absolute atomic E-state index is 12.7. The lowest BCUT2D eigenvalue weighted by Crippen LogP contribution is -2.40. The van der Waals surface area contributed by atoms with E-state index in [0.29, 0.717) is 12.3 Å². The molecular weight excluding hydrogens is 274 g/mol. The molecule has 1 heterocycles. The first-order valence-corrected chi connectivity index (χ1v) is 8.44. The fourth-order valence-electron chi connectivity index (χ4n) is 3.69. The molecule has 0 spiro atoms. The molecule has 3 atom stereocenters. The molecule has 0 saturated carbocycles. The van der Waals surface area contributed by atoms with Crippen LogP contribution in [0.1, 0.15) is 50.2 Å². The van der Waals surface area contributed by atoms with Crippen molar-refractivity contribution in [2.45, 2.75) is 50.7 Å². The van der Waals surface area contributed by atoms with Gasteiger partial charge in [0.2, 0.25) is 5.91 Å². The summed E-state index contributed by atoms with van der Waals surface area (Å²) < 4.78 is 0. The molecule has 1 fully saturated rings. The van der Waals surface area contributed by atoms with Gasteiger partial charge in [0, 0.05) is 18.5 Å². The van der Waals surface area contributed by atoms with E-state index in [1.54, 1.807) is 0 Å². The van der Waals surface area contributed by atoms with Crippen molar-refractivity contribution in [1.29, 1.82) is 0 Å². The fourth-order valence-corrected chi connectivity index (χ4v) is 3.69. The Morgan fingerprint density at radius 2 is 2.05 bits per heavy atom. The van der Waals surface area contributed by atoms with Crippen LogP contribution >= 0.6 is 0 Å². The summed E-state index contributed by atoms with van der Waals surface area (Å²) >= 11 is 0. The third-order valence-electron chi connectivity index (χ3n) is 4.96. The number of rotatable bonds is 4. The lowest BCUT2D eigenvalue weighted by molar-refractivity contribution is -0.137. The maximum atomic E-state index is 12.7. The third-order valence-corrected chi connectivity index (χ3v) is 4.96. The second-order valence-electron chi connectivity index (χ2n) is 6.47. The SMILES string of the molecule is O=C([C@@H]1CC=CCC1)N1CCC[C@@H]1C[C@H](O)c1ccccc1. The zero-order valence-electron chi connectivity index (χ0n) is 13.0. The third kappa shape index (κ3) is 3.41. The molecule has 0 radical (unpaired) electrons. The topological polar surface area (TPSA) is 40.5 Å². The minimum absolute atomic E-state index is 0.152. The van der Waals surface area contributed by atoms with Crippen LogP contribution < -0.4 is 0 Å². The van der Waals surface area contributed by atoms with Crippen molar-refractivity contribution in [3.05, 3.63) is 48.0 Å². The highest BCUT2D eigenvalue weighted by molar-refractivity contribution is 5.79. The van der Waals surface area contributed by atoms with E-state index in [9.17, 15) is 9.90 Å². The average molecular weight is 299 g/mol. The molecule has 1 aromatic rings. The highest BCUT2D eigenvalue weighted by Gasteiger charge is 2.34. The van der Waals surface area contributed by atoms with E-state index < -0.39 is 6.10 Å². The van der Waals surface area contributed by atoms with Gasteiger partial charge in [0.15, 0.2) is 0 Å². The van der Waals surface area contributed by atoms with Crippen LogP contribution in [0.25, 0.3) is 0 Å². The van der Waals surface area contributed by atoms with Gasteiger partial charge in [-0.15, -0.1) is 0 Å². The second-order valence-corrected chi connectivity index (χ2v) is 6.47. The quantitative estimate of drug-likeness (QED) is 0.865. The van der Waals surface area contributed by atoms with Crippen molar-refractivity contribution < 1.29 is 9.90 Å². The molecule has 0 aromatic heterocycles. The van der Waals surface area contributed by atoms with Gasteiger partial charge in [-0.2, -0.15) is 0 Å². The van der Waals surface area contributed by atoms with Crippen LogP contribution in [-0.4, -0.2) is 28.5 Å². The number of nitrogens with zero attached hydrogens (tertiary/aromatic N) is 1. The van der Waals surface area contributed by atoms with Gasteiger partial charge < -0.3 is 10.0 Å². The van der Waals surface area contributed by atoms with Crippen LogP contribution in [0.5, 0.6) is 0 Å². The molecule has 1 aromatic carbocycles. The number of hydrogen-bond acceptors (Lipinski definition) is 2. The van der Waals surface area contributed by atoms with Gasteiger partial charge in [0.1, 0.15) is 0 Å².